The summed E-state index contributed by atoms with van der Waals surface area (Å²) in [6.07, 6.45) is 3.84. The predicted octanol–water partition coefficient (Wildman–Crippen LogP) is 7.40. The van der Waals surface area contributed by atoms with Crippen molar-refractivity contribution in [2.24, 2.45) is 0 Å². The van der Waals surface area contributed by atoms with E-state index >= 15 is 0 Å². The van der Waals surface area contributed by atoms with E-state index in [2.05, 4.69) is 48.5 Å². The van der Waals surface area contributed by atoms with Crippen molar-refractivity contribution in [1.29, 1.82) is 0 Å². The molecule has 36 heavy (non-hydrogen) atoms. The summed E-state index contributed by atoms with van der Waals surface area (Å²) in [5.41, 5.74) is 2.68. The van der Waals surface area contributed by atoms with E-state index in [4.69, 9.17) is 26.6 Å². The number of rotatable bonds is 19. The molecule has 0 saturated heterocycles. The van der Waals surface area contributed by atoms with Crippen molar-refractivity contribution in [2.75, 3.05) is 42.7 Å². The van der Waals surface area contributed by atoms with Gasteiger partial charge in [-0.2, -0.15) is 0 Å². The minimum absolute atomic E-state index is 0.798. The van der Waals surface area contributed by atoms with E-state index < -0.39 is 17.6 Å². The van der Waals surface area contributed by atoms with E-state index in [-0.39, 0.29) is 0 Å². The van der Waals surface area contributed by atoms with Crippen molar-refractivity contribution in [3.8, 4) is 0 Å². The van der Waals surface area contributed by atoms with E-state index in [0.717, 1.165) is 37.8 Å². The van der Waals surface area contributed by atoms with Crippen molar-refractivity contribution in [2.45, 2.75) is 47.6 Å². The summed E-state index contributed by atoms with van der Waals surface area (Å²) in [7, 11) is 12.2. The highest BCUT2D eigenvalue weighted by atomic mass is 33.7. The summed E-state index contributed by atoms with van der Waals surface area (Å²) in [4.78, 5) is 2.59. The lowest BCUT2D eigenvalue weighted by molar-refractivity contribution is 0.122. The largest absolute Gasteiger partial charge is 0.500 e. The average molecular weight is 607 g/mol. The maximum atomic E-state index is 5.56. The van der Waals surface area contributed by atoms with Crippen LogP contribution in [-0.2, 0) is 39.4 Å². The molecule has 0 aliphatic rings. The van der Waals surface area contributed by atoms with Crippen LogP contribution >= 0.6 is 41.2 Å². The minimum atomic E-state index is -2.53. The van der Waals surface area contributed by atoms with Crippen molar-refractivity contribution in [3.63, 3.8) is 0 Å². The summed E-state index contributed by atoms with van der Waals surface area (Å²) in [5.74, 6) is 0. The number of hydrogen-bond donors (Lipinski definition) is 0. The van der Waals surface area contributed by atoms with Crippen LogP contribution in [0.2, 0.25) is 12.1 Å². The summed E-state index contributed by atoms with van der Waals surface area (Å²) in [5, 5.41) is 0. The molecule has 0 N–H and O–H groups in total. The van der Waals surface area contributed by atoms with Gasteiger partial charge in [0.15, 0.2) is 0 Å². The van der Waals surface area contributed by atoms with Gasteiger partial charge in [-0.3, -0.25) is 0 Å². The molecule has 0 unspecified atom stereocenters. The number of hydrogen-bond acceptors (Lipinski definition) is 10. The zero-order valence-corrected chi connectivity index (χ0v) is 27.2. The van der Waals surface area contributed by atoms with E-state index in [1.165, 1.54) is 20.9 Å². The molecule has 0 aliphatic carbocycles. The molecule has 0 saturated carbocycles. The molecule has 2 aromatic carbocycles. The standard InChI is InChI=1S/C24H38O6S4Si2/c1-25-35(26-2,27-3)19-11-15-21-13-7-9-17-23(21)31-33-34-32-24-18-10-8-14-22(24)16-12-20-36(28-4,29-5)30-6/h7-10,13-14,17-18H,11-12,15-16,19-20H2,1-6H3. The highest BCUT2D eigenvalue weighted by Crippen LogP contribution is 2.50. The quantitative estimate of drug-likeness (QED) is 0.0918. The molecule has 202 valence electrons. The molecule has 0 atom stereocenters. The first-order valence-electron chi connectivity index (χ1n) is 11.7. The molecular formula is C24H38O6S4Si2. The van der Waals surface area contributed by atoms with Gasteiger partial charge in [0.25, 0.3) is 0 Å². The maximum absolute atomic E-state index is 5.56. The van der Waals surface area contributed by atoms with Crippen LogP contribution in [-0.4, -0.2) is 60.3 Å². The zero-order chi connectivity index (χ0) is 26.3. The fourth-order valence-electron chi connectivity index (χ4n) is 3.79. The van der Waals surface area contributed by atoms with E-state index in [1.54, 1.807) is 62.3 Å². The van der Waals surface area contributed by atoms with Crippen molar-refractivity contribution < 1.29 is 26.6 Å². The Labute approximate surface area is 234 Å². The molecule has 12 heteroatoms. The molecule has 0 bridgehead atoms. The first-order chi connectivity index (χ1) is 17.5. The molecule has 0 aliphatic heterocycles. The lowest BCUT2D eigenvalue weighted by Gasteiger charge is -2.24. The third kappa shape index (κ3) is 9.97. The zero-order valence-electron chi connectivity index (χ0n) is 21.9. The fourth-order valence-corrected chi connectivity index (χ4v) is 13.2. The topological polar surface area (TPSA) is 55.4 Å². The summed E-state index contributed by atoms with van der Waals surface area (Å²) in [6.45, 7) is 0. The molecule has 0 radical (unpaired) electrons. The second kappa shape index (κ2) is 17.6. The van der Waals surface area contributed by atoms with Gasteiger partial charge in [0.05, 0.1) is 0 Å². The van der Waals surface area contributed by atoms with Crippen LogP contribution in [0.3, 0.4) is 0 Å². The fraction of sp³-hybridized carbons (Fsp3) is 0.500. The van der Waals surface area contributed by atoms with Crippen LogP contribution in [0.15, 0.2) is 58.3 Å². The monoisotopic (exact) mass is 606 g/mol. The molecule has 2 rings (SSSR count). The lowest BCUT2D eigenvalue weighted by Crippen LogP contribution is -2.42. The van der Waals surface area contributed by atoms with Crippen molar-refractivity contribution in [3.05, 3.63) is 59.7 Å². The molecular weight excluding hydrogens is 569 g/mol. The smallest absolute Gasteiger partial charge is 0.377 e. The molecule has 0 amide bonds. The van der Waals surface area contributed by atoms with Gasteiger partial charge in [-0.05, 0) is 90.2 Å². The van der Waals surface area contributed by atoms with Gasteiger partial charge in [0.1, 0.15) is 0 Å². The third-order valence-electron chi connectivity index (χ3n) is 5.94. The Morgan fingerprint density at radius 1 is 0.528 bits per heavy atom. The Morgan fingerprint density at radius 3 is 1.19 bits per heavy atom. The Morgan fingerprint density at radius 2 is 0.861 bits per heavy atom. The van der Waals surface area contributed by atoms with Gasteiger partial charge in [0, 0.05) is 64.5 Å². The Balaban J connectivity index is 1.85. The van der Waals surface area contributed by atoms with Crippen LogP contribution in [0, 0.1) is 0 Å². The van der Waals surface area contributed by atoms with Gasteiger partial charge < -0.3 is 26.6 Å². The highest BCUT2D eigenvalue weighted by molar-refractivity contribution is 9.26. The summed E-state index contributed by atoms with van der Waals surface area (Å²) < 4.78 is 33.3. The SMILES string of the molecule is CO[Si](CCCc1ccccc1SSSSc1ccccc1CCC[Si](OC)(OC)OC)(OC)OC. The van der Waals surface area contributed by atoms with Crippen LogP contribution in [0.5, 0.6) is 0 Å². The average Bonchev–Trinajstić information content (AvgIpc) is 2.93. The van der Waals surface area contributed by atoms with Gasteiger partial charge >= 0.3 is 17.6 Å². The van der Waals surface area contributed by atoms with E-state index in [0.29, 0.717) is 0 Å². The van der Waals surface area contributed by atoms with E-state index in [1.807, 2.05) is 21.6 Å². The Hall–Kier alpha value is 0.0338. The summed E-state index contributed by atoms with van der Waals surface area (Å²) in [6, 6.07) is 18.8. The summed E-state index contributed by atoms with van der Waals surface area (Å²) >= 11 is 0. The molecule has 0 aromatic heterocycles. The Kier molecular flexibility index (Phi) is 15.8. The van der Waals surface area contributed by atoms with Crippen molar-refractivity contribution >= 4 is 58.8 Å². The van der Waals surface area contributed by atoms with Gasteiger partial charge in [0.2, 0.25) is 0 Å². The molecule has 0 spiro atoms. The highest BCUT2D eigenvalue weighted by Gasteiger charge is 2.37. The molecule has 0 heterocycles. The first-order valence-corrected chi connectivity index (χ1v) is 20.3. The lowest BCUT2D eigenvalue weighted by atomic mass is 10.1. The predicted molar refractivity (Wildman–Crippen MR) is 160 cm³/mol. The van der Waals surface area contributed by atoms with Crippen LogP contribution < -0.4 is 0 Å². The normalized spacial score (nSPS) is 12.3. The third-order valence-corrected chi connectivity index (χ3v) is 17.8. The Bertz CT molecular complexity index is 799. The maximum Gasteiger partial charge on any atom is 0.500 e. The van der Waals surface area contributed by atoms with Crippen LogP contribution in [0.1, 0.15) is 24.0 Å². The first kappa shape index (κ1) is 32.2. The van der Waals surface area contributed by atoms with Gasteiger partial charge in [-0.25, -0.2) is 0 Å². The minimum Gasteiger partial charge on any atom is -0.377 e. The van der Waals surface area contributed by atoms with Gasteiger partial charge in [-0.15, -0.1) is 0 Å². The van der Waals surface area contributed by atoms with E-state index in [9.17, 15) is 0 Å². The molecule has 2 aromatic rings. The van der Waals surface area contributed by atoms with Gasteiger partial charge in [-0.1, -0.05) is 36.4 Å². The molecule has 6 nitrogen and oxygen atoms in total. The number of benzene rings is 2. The molecule has 0 fully saturated rings. The van der Waals surface area contributed by atoms with Crippen molar-refractivity contribution in [1.82, 2.24) is 0 Å². The number of aryl methyl sites for hydroxylation is 2. The van der Waals surface area contributed by atoms with Crippen LogP contribution in [0.25, 0.3) is 0 Å². The second-order valence-corrected chi connectivity index (χ2v) is 19.7. The second-order valence-electron chi connectivity index (χ2n) is 7.82. The van der Waals surface area contributed by atoms with Crippen LogP contribution in [0.4, 0.5) is 0 Å².